The zero-order chi connectivity index (χ0) is 14.0. The highest BCUT2D eigenvalue weighted by Crippen LogP contribution is 2.34. The summed E-state index contributed by atoms with van der Waals surface area (Å²) in [5.41, 5.74) is 1.60. The fourth-order valence-corrected chi connectivity index (χ4v) is 1.92. The predicted molar refractivity (Wildman–Crippen MR) is 69.8 cm³/mol. The molecular weight excluding hydrogens is 249 g/mol. The van der Waals surface area contributed by atoms with E-state index in [0.717, 1.165) is 0 Å². The summed E-state index contributed by atoms with van der Waals surface area (Å²) in [6.45, 7) is 1.66. The largest absolute Gasteiger partial charge is 0.493 e. The smallest absolute Gasteiger partial charge is 0.272 e. The molecule has 98 valence electrons. The lowest BCUT2D eigenvalue weighted by Crippen LogP contribution is -1.95. The SMILES string of the molecule is COc1c(F)cccc1-c1ccc(C)c([N+](=O)[O-])c1. The van der Waals surface area contributed by atoms with Crippen LogP contribution < -0.4 is 4.74 Å². The van der Waals surface area contributed by atoms with Crippen LogP contribution in [0.25, 0.3) is 11.1 Å². The first-order valence-electron chi connectivity index (χ1n) is 5.62. The molecule has 0 aliphatic carbocycles. The van der Waals surface area contributed by atoms with Crippen molar-refractivity contribution in [3.63, 3.8) is 0 Å². The van der Waals surface area contributed by atoms with Crippen molar-refractivity contribution in [2.45, 2.75) is 6.92 Å². The van der Waals surface area contributed by atoms with Crippen LogP contribution in [0, 0.1) is 22.9 Å². The monoisotopic (exact) mass is 261 g/mol. The number of methoxy groups -OCH3 is 1. The van der Waals surface area contributed by atoms with Crippen molar-refractivity contribution in [3.8, 4) is 16.9 Å². The van der Waals surface area contributed by atoms with Crippen molar-refractivity contribution in [3.05, 3.63) is 57.9 Å². The van der Waals surface area contributed by atoms with E-state index in [-0.39, 0.29) is 11.4 Å². The van der Waals surface area contributed by atoms with E-state index in [2.05, 4.69) is 0 Å². The first kappa shape index (κ1) is 13.0. The number of aryl methyl sites for hydroxylation is 1. The van der Waals surface area contributed by atoms with E-state index in [0.29, 0.717) is 16.7 Å². The van der Waals surface area contributed by atoms with E-state index in [4.69, 9.17) is 4.74 Å². The number of nitro groups is 1. The number of nitro benzene ring substituents is 1. The van der Waals surface area contributed by atoms with Gasteiger partial charge in [-0.2, -0.15) is 0 Å². The maximum Gasteiger partial charge on any atom is 0.272 e. The Morgan fingerprint density at radius 2 is 2.00 bits per heavy atom. The molecule has 2 rings (SSSR count). The normalized spacial score (nSPS) is 10.3. The summed E-state index contributed by atoms with van der Waals surface area (Å²) in [5.74, 6) is -0.413. The molecule has 0 spiro atoms. The Kier molecular flexibility index (Phi) is 3.46. The average Bonchev–Trinajstić information content (AvgIpc) is 2.38. The van der Waals surface area contributed by atoms with Gasteiger partial charge in [0.05, 0.1) is 12.0 Å². The molecular formula is C14H12FNO3. The highest BCUT2D eigenvalue weighted by atomic mass is 19.1. The minimum atomic E-state index is -0.497. The Labute approximate surface area is 109 Å². The van der Waals surface area contributed by atoms with Crippen LogP contribution >= 0.6 is 0 Å². The van der Waals surface area contributed by atoms with Gasteiger partial charge in [-0.05, 0) is 18.6 Å². The van der Waals surface area contributed by atoms with E-state index in [1.165, 1.54) is 19.2 Å². The number of halogens is 1. The number of nitrogens with zero attached hydrogens (tertiary/aromatic N) is 1. The summed E-state index contributed by atoms with van der Waals surface area (Å²) < 4.78 is 18.6. The van der Waals surface area contributed by atoms with Crippen molar-refractivity contribution in [1.82, 2.24) is 0 Å². The van der Waals surface area contributed by atoms with Gasteiger partial charge in [-0.1, -0.05) is 24.3 Å². The van der Waals surface area contributed by atoms with Crippen molar-refractivity contribution in [1.29, 1.82) is 0 Å². The van der Waals surface area contributed by atoms with E-state index in [1.54, 1.807) is 31.2 Å². The van der Waals surface area contributed by atoms with E-state index < -0.39 is 10.7 Å². The summed E-state index contributed by atoms with van der Waals surface area (Å²) in [4.78, 5) is 10.5. The molecule has 0 atom stereocenters. The summed E-state index contributed by atoms with van der Waals surface area (Å²) >= 11 is 0. The molecule has 0 aliphatic heterocycles. The fourth-order valence-electron chi connectivity index (χ4n) is 1.92. The molecule has 0 radical (unpaired) electrons. The molecule has 0 bridgehead atoms. The first-order valence-corrected chi connectivity index (χ1v) is 5.62. The minimum absolute atomic E-state index is 0.00353. The summed E-state index contributed by atoms with van der Waals surface area (Å²) in [5, 5.41) is 10.9. The standard InChI is InChI=1S/C14H12FNO3/c1-9-6-7-10(8-13(9)16(17)18)11-4-3-5-12(15)14(11)19-2/h3-8H,1-2H3. The molecule has 0 saturated carbocycles. The number of rotatable bonds is 3. The fraction of sp³-hybridized carbons (Fsp3) is 0.143. The Morgan fingerprint density at radius 3 is 2.63 bits per heavy atom. The van der Waals surface area contributed by atoms with Crippen molar-refractivity contribution in [2.75, 3.05) is 7.11 Å². The Morgan fingerprint density at radius 1 is 1.26 bits per heavy atom. The van der Waals surface area contributed by atoms with Gasteiger partial charge in [0.1, 0.15) is 0 Å². The second kappa shape index (κ2) is 5.06. The number of hydrogen-bond acceptors (Lipinski definition) is 3. The molecule has 0 saturated heterocycles. The molecule has 5 heteroatoms. The average molecular weight is 261 g/mol. The van der Waals surface area contributed by atoms with Gasteiger partial charge in [0, 0.05) is 17.2 Å². The Bertz CT molecular complexity index is 641. The molecule has 0 heterocycles. The number of hydrogen-bond donors (Lipinski definition) is 0. The van der Waals surface area contributed by atoms with Gasteiger partial charge in [-0.25, -0.2) is 4.39 Å². The van der Waals surface area contributed by atoms with Crippen LogP contribution in [-0.2, 0) is 0 Å². The van der Waals surface area contributed by atoms with Crippen LogP contribution in [0.3, 0.4) is 0 Å². The van der Waals surface area contributed by atoms with Crippen molar-refractivity contribution < 1.29 is 14.1 Å². The van der Waals surface area contributed by atoms with Crippen LogP contribution in [0.4, 0.5) is 10.1 Å². The maximum absolute atomic E-state index is 13.6. The quantitative estimate of drug-likeness (QED) is 0.625. The second-order valence-corrected chi connectivity index (χ2v) is 4.08. The van der Waals surface area contributed by atoms with Gasteiger partial charge in [0.15, 0.2) is 11.6 Å². The van der Waals surface area contributed by atoms with Gasteiger partial charge in [0.2, 0.25) is 0 Å². The topological polar surface area (TPSA) is 52.4 Å². The van der Waals surface area contributed by atoms with Crippen LogP contribution in [0.5, 0.6) is 5.75 Å². The predicted octanol–water partition coefficient (Wildman–Crippen LogP) is 3.72. The molecule has 19 heavy (non-hydrogen) atoms. The molecule has 0 fully saturated rings. The molecule has 0 N–H and O–H groups in total. The molecule has 0 unspecified atom stereocenters. The molecule has 2 aromatic rings. The third-order valence-corrected chi connectivity index (χ3v) is 2.89. The minimum Gasteiger partial charge on any atom is -0.493 e. The van der Waals surface area contributed by atoms with Crippen LogP contribution in [-0.4, -0.2) is 12.0 Å². The molecule has 0 aliphatic rings. The van der Waals surface area contributed by atoms with Crippen LogP contribution in [0.2, 0.25) is 0 Å². The second-order valence-electron chi connectivity index (χ2n) is 4.08. The van der Waals surface area contributed by atoms with E-state index in [9.17, 15) is 14.5 Å². The Hall–Kier alpha value is -2.43. The lowest BCUT2D eigenvalue weighted by molar-refractivity contribution is -0.385. The molecule has 4 nitrogen and oxygen atoms in total. The zero-order valence-electron chi connectivity index (χ0n) is 10.5. The van der Waals surface area contributed by atoms with Crippen LogP contribution in [0.15, 0.2) is 36.4 Å². The lowest BCUT2D eigenvalue weighted by Gasteiger charge is -2.09. The third kappa shape index (κ3) is 2.40. The highest BCUT2D eigenvalue weighted by molar-refractivity contribution is 5.73. The number of ether oxygens (including phenoxy) is 1. The van der Waals surface area contributed by atoms with Crippen molar-refractivity contribution in [2.24, 2.45) is 0 Å². The van der Waals surface area contributed by atoms with Crippen molar-refractivity contribution >= 4 is 5.69 Å². The van der Waals surface area contributed by atoms with Gasteiger partial charge in [-0.15, -0.1) is 0 Å². The summed E-state index contributed by atoms with van der Waals surface area (Å²) in [7, 11) is 1.37. The molecule has 0 aromatic heterocycles. The van der Waals surface area contributed by atoms with E-state index in [1.807, 2.05) is 0 Å². The van der Waals surface area contributed by atoms with Gasteiger partial charge >= 0.3 is 0 Å². The van der Waals surface area contributed by atoms with Crippen LogP contribution in [0.1, 0.15) is 5.56 Å². The number of benzene rings is 2. The third-order valence-electron chi connectivity index (χ3n) is 2.89. The highest BCUT2D eigenvalue weighted by Gasteiger charge is 2.15. The first-order chi connectivity index (χ1) is 9.04. The van der Waals surface area contributed by atoms with Gasteiger partial charge in [-0.3, -0.25) is 10.1 Å². The number of para-hydroxylation sites is 1. The zero-order valence-corrected chi connectivity index (χ0v) is 10.5. The summed E-state index contributed by atoms with van der Waals surface area (Å²) in [6.07, 6.45) is 0. The summed E-state index contributed by atoms with van der Waals surface area (Å²) in [6, 6.07) is 9.25. The lowest BCUT2D eigenvalue weighted by atomic mass is 10.0. The maximum atomic E-state index is 13.6. The molecule has 2 aromatic carbocycles. The Balaban J connectivity index is 2.63. The molecule has 0 amide bonds. The van der Waals surface area contributed by atoms with Gasteiger partial charge in [0.25, 0.3) is 5.69 Å². The van der Waals surface area contributed by atoms with E-state index >= 15 is 0 Å². The van der Waals surface area contributed by atoms with Gasteiger partial charge < -0.3 is 4.74 Å².